The van der Waals surface area contributed by atoms with E-state index in [1.165, 1.54) is 0 Å². The fourth-order valence-electron chi connectivity index (χ4n) is 2.40. The van der Waals surface area contributed by atoms with Gasteiger partial charge in [-0.3, -0.25) is 0 Å². The average Bonchev–Trinajstić information content (AvgIpc) is 3.19. The van der Waals surface area contributed by atoms with Crippen LogP contribution in [0.4, 0.5) is 0 Å². The number of benzene rings is 1. The van der Waals surface area contributed by atoms with E-state index in [9.17, 15) is 5.11 Å². The highest BCUT2D eigenvalue weighted by atomic mass is 32.1. The summed E-state index contributed by atoms with van der Waals surface area (Å²) in [5.74, 6) is 0.697. The molecule has 3 N–H and O–H groups in total. The number of nitrogens with zero attached hydrogens (tertiary/aromatic N) is 1. The lowest BCUT2D eigenvalue weighted by Gasteiger charge is -2.23. The number of aliphatic imine (C=N–C) groups is 1. The van der Waals surface area contributed by atoms with Crippen LogP contribution in [0.3, 0.4) is 0 Å². The molecule has 5 nitrogen and oxygen atoms in total. The van der Waals surface area contributed by atoms with E-state index >= 15 is 0 Å². The molecule has 0 aliphatic carbocycles. The number of nitrogens with one attached hydrogen (secondary N) is 2. The van der Waals surface area contributed by atoms with E-state index in [1.807, 2.05) is 38.3 Å². The molecule has 0 radical (unpaired) electrons. The molecule has 0 aliphatic rings. The van der Waals surface area contributed by atoms with Crippen LogP contribution in [0, 0.1) is 0 Å². The van der Waals surface area contributed by atoms with Crippen LogP contribution >= 0.6 is 11.3 Å². The first-order valence-corrected chi connectivity index (χ1v) is 9.87. The largest absolute Gasteiger partial charge is 0.383 e. The highest BCUT2D eigenvalue weighted by molar-refractivity contribution is 7.10. The van der Waals surface area contributed by atoms with E-state index < -0.39 is 5.60 Å². The molecule has 142 valence electrons. The number of hydrogen-bond acceptors (Lipinski definition) is 4. The predicted molar refractivity (Wildman–Crippen MR) is 108 cm³/mol. The summed E-state index contributed by atoms with van der Waals surface area (Å²) >= 11 is 1.55. The van der Waals surface area contributed by atoms with Crippen LogP contribution in [-0.2, 0) is 23.5 Å². The summed E-state index contributed by atoms with van der Waals surface area (Å²) < 4.78 is 5.41. The summed E-state index contributed by atoms with van der Waals surface area (Å²) in [5, 5.41) is 19.1. The van der Waals surface area contributed by atoms with Gasteiger partial charge < -0.3 is 20.5 Å². The topological polar surface area (TPSA) is 65.9 Å². The van der Waals surface area contributed by atoms with E-state index in [0.29, 0.717) is 25.7 Å². The van der Waals surface area contributed by atoms with Gasteiger partial charge in [0.2, 0.25) is 0 Å². The van der Waals surface area contributed by atoms with E-state index in [4.69, 9.17) is 4.74 Å². The van der Waals surface area contributed by atoms with Gasteiger partial charge >= 0.3 is 0 Å². The molecule has 2 rings (SSSR count). The Morgan fingerprint density at radius 2 is 1.88 bits per heavy atom. The second kappa shape index (κ2) is 10.3. The second-order valence-electron chi connectivity index (χ2n) is 6.25. The predicted octanol–water partition coefficient (Wildman–Crippen LogP) is 3.25. The number of aliphatic hydroxyl groups is 1. The third-order valence-corrected chi connectivity index (χ3v) is 5.03. The Labute approximate surface area is 160 Å². The minimum Gasteiger partial charge on any atom is -0.383 e. The molecule has 1 heterocycles. The Bertz CT molecular complexity index is 667. The monoisotopic (exact) mass is 375 g/mol. The zero-order valence-corrected chi connectivity index (χ0v) is 16.6. The standard InChI is InChI=1S/C20H29N3O2S/c1-4-21-19(23-15-20(3,24)18-7-6-12-26-18)22-13-16-8-10-17(11-9-16)14-25-5-2/h6-12,24H,4-5,13-15H2,1-3H3,(H2,21,22,23). The number of rotatable bonds is 9. The zero-order valence-electron chi connectivity index (χ0n) is 15.8. The maximum Gasteiger partial charge on any atom is 0.191 e. The third kappa shape index (κ3) is 6.44. The normalized spacial score (nSPS) is 14.1. The molecular formula is C20H29N3O2S. The van der Waals surface area contributed by atoms with Gasteiger partial charge in [0.15, 0.2) is 5.96 Å². The van der Waals surface area contributed by atoms with Gasteiger partial charge in [-0.1, -0.05) is 30.3 Å². The molecule has 26 heavy (non-hydrogen) atoms. The van der Waals surface area contributed by atoms with E-state index in [-0.39, 0.29) is 0 Å². The SMILES string of the molecule is CCNC(=NCc1ccc(COCC)cc1)NCC(C)(O)c1cccs1. The molecule has 1 unspecified atom stereocenters. The Morgan fingerprint density at radius 3 is 2.50 bits per heavy atom. The van der Waals surface area contributed by atoms with Gasteiger partial charge in [0.05, 0.1) is 19.7 Å². The summed E-state index contributed by atoms with van der Waals surface area (Å²) in [6.45, 7) is 8.93. The molecule has 0 saturated carbocycles. The molecule has 1 atom stereocenters. The summed E-state index contributed by atoms with van der Waals surface area (Å²) in [4.78, 5) is 5.55. The molecule has 0 amide bonds. The quantitative estimate of drug-likeness (QED) is 0.465. The fraction of sp³-hybridized carbons (Fsp3) is 0.450. The van der Waals surface area contributed by atoms with Crippen molar-refractivity contribution in [2.75, 3.05) is 19.7 Å². The molecule has 6 heteroatoms. The molecule has 1 aromatic carbocycles. The smallest absolute Gasteiger partial charge is 0.191 e. The van der Waals surface area contributed by atoms with E-state index in [2.05, 4.69) is 39.9 Å². The van der Waals surface area contributed by atoms with Gasteiger partial charge in [0, 0.05) is 18.0 Å². The Hall–Kier alpha value is -1.89. The van der Waals surface area contributed by atoms with Gasteiger partial charge in [-0.25, -0.2) is 4.99 Å². The first-order chi connectivity index (χ1) is 12.5. The van der Waals surface area contributed by atoms with Gasteiger partial charge in [0.25, 0.3) is 0 Å². The van der Waals surface area contributed by atoms with Crippen LogP contribution in [0.25, 0.3) is 0 Å². The molecule has 0 saturated heterocycles. The van der Waals surface area contributed by atoms with Crippen LogP contribution < -0.4 is 10.6 Å². The minimum atomic E-state index is -0.925. The third-order valence-electron chi connectivity index (χ3n) is 3.91. The lowest BCUT2D eigenvalue weighted by atomic mass is 10.1. The maximum absolute atomic E-state index is 10.6. The van der Waals surface area contributed by atoms with Crippen molar-refractivity contribution in [2.24, 2.45) is 4.99 Å². The fourth-order valence-corrected chi connectivity index (χ4v) is 3.19. The number of guanidine groups is 1. The number of hydrogen-bond donors (Lipinski definition) is 3. The minimum absolute atomic E-state index is 0.395. The second-order valence-corrected chi connectivity index (χ2v) is 7.20. The molecule has 0 spiro atoms. The van der Waals surface area contributed by atoms with Crippen LogP contribution in [-0.4, -0.2) is 30.8 Å². The highest BCUT2D eigenvalue weighted by Gasteiger charge is 2.24. The lowest BCUT2D eigenvalue weighted by molar-refractivity contribution is 0.0655. The highest BCUT2D eigenvalue weighted by Crippen LogP contribution is 2.24. The van der Waals surface area contributed by atoms with Crippen LogP contribution in [0.5, 0.6) is 0 Å². The molecule has 2 aromatic rings. The van der Waals surface area contributed by atoms with Gasteiger partial charge in [0.1, 0.15) is 5.60 Å². The van der Waals surface area contributed by atoms with Crippen molar-refractivity contribution in [1.82, 2.24) is 10.6 Å². The van der Waals surface area contributed by atoms with Crippen molar-refractivity contribution in [1.29, 1.82) is 0 Å². The Kier molecular flexibility index (Phi) is 8.09. The maximum atomic E-state index is 10.6. The first kappa shape index (κ1) is 20.4. The molecule has 0 bridgehead atoms. The molecule has 0 fully saturated rings. The van der Waals surface area contributed by atoms with Crippen molar-refractivity contribution in [3.05, 3.63) is 57.8 Å². The molecule has 0 aliphatic heterocycles. The number of thiophene rings is 1. The van der Waals surface area contributed by atoms with E-state index in [0.717, 1.165) is 29.2 Å². The summed E-state index contributed by atoms with van der Waals surface area (Å²) in [5.41, 5.74) is 1.37. The average molecular weight is 376 g/mol. The Balaban J connectivity index is 1.93. The first-order valence-electron chi connectivity index (χ1n) is 8.99. The van der Waals surface area contributed by atoms with Crippen LogP contribution in [0.2, 0.25) is 0 Å². The molecule has 1 aromatic heterocycles. The van der Waals surface area contributed by atoms with Crippen LogP contribution in [0.1, 0.15) is 36.8 Å². The van der Waals surface area contributed by atoms with Crippen molar-refractivity contribution in [3.8, 4) is 0 Å². The zero-order chi connectivity index (χ0) is 18.8. The Morgan fingerprint density at radius 1 is 1.15 bits per heavy atom. The van der Waals surface area contributed by atoms with Gasteiger partial charge in [-0.2, -0.15) is 0 Å². The van der Waals surface area contributed by atoms with Gasteiger partial charge in [-0.05, 0) is 43.3 Å². The summed E-state index contributed by atoms with van der Waals surface area (Å²) in [6, 6.07) is 12.2. The lowest BCUT2D eigenvalue weighted by Crippen LogP contribution is -2.44. The van der Waals surface area contributed by atoms with Crippen molar-refractivity contribution >= 4 is 17.3 Å². The summed E-state index contributed by atoms with van der Waals surface area (Å²) in [7, 11) is 0. The van der Waals surface area contributed by atoms with Crippen molar-refractivity contribution < 1.29 is 9.84 Å². The summed E-state index contributed by atoms with van der Waals surface area (Å²) in [6.07, 6.45) is 0. The molecular weight excluding hydrogens is 346 g/mol. The van der Waals surface area contributed by atoms with Gasteiger partial charge in [-0.15, -0.1) is 11.3 Å². The van der Waals surface area contributed by atoms with Crippen molar-refractivity contribution in [3.63, 3.8) is 0 Å². The van der Waals surface area contributed by atoms with Crippen molar-refractivity contribution in [2.45, 2.75) is 39.5 Å². The van der Waals surface area contributed by atoms with E-state index in [1.54, 1.807) is 11.3 Å². The van der Waals surface area contributed by atoms with Crippen LogP contribution in [0.15, 0.2) is 46.8 Å². The number of ether oxygens (including phenoxy) is 1.